The van der Waals surface area contributed by atoms with Gasteiger partial charge in [-0.25, -0.2) is 0 Å². The van der Waals surface area contributed by atoms with Crippen LogP contribution in [-0.4, -0.2) is 0 Å². The quantitative estimate of drug-likeness (QED) is 0.184. The van der Waals surface area contributed by atoms with Crippen LogP contribution in [0.5, 0.6) is 0 Å². The second-order valence-corrected chi connectivity index (χ2v) is 13.2. The molecule has 9 aromatic rings. The minimum absolute atomic E-state index is 0.164. The third-order valence-corrected chi connectivity index (χ3v) is 10.5. The Balaban J connectivity index is 1.42. The molecule has 8 aromatic carbocycles. The Morgan fingerprint density at radius 3 is 1.65 bits per heavy atom. The van der Waals surface area contributed by atoms with E-state index in [0.717, 1.165) is 16.6 Å². The van der Waals surface area contributed by atoms with Crippen LogP contribution in [0.15, 0.2) is 150 Å². The second kappa shape index (κ2) is 9.19. The van der Waals surface area contributed by atoms with E-state index in [-0.39, 0.29) is 5.41 Å². The van der Waals surface area contributed by atoms with Gasteiger partial charge in [0.2, 0.25) is 0 Å². The largest absolute Gasteiger partial charge is 0.455 e. The summed E-state index contributed by atoms with van der Waals surface area (Å²) in [7, 11) is 0. The van der Waals surface area contributed by atoms with Crippen molar-refractivity contribution in [2.24, 2.45) is 0 Å². The smallest absolute Gasteiger partial charge is 0.144 e. The molecule has 1 aromatic heterocycles. The van der Waals surface area contributed by atoms with Crippen LogP contribution in [0, 0.1) is 0 Å². The van der Waals surface area contributed by atoms with Crippen molar-refractivity contribution in [3.63, 3.8) is 0 Å². The van der Waals surface area contributed by atoms with Crippen molar-refractivity contribution in [1.82, 2.24) is 0 Å². The SMILES string of the molecule is CC1(C)c2ccccc2-c2c1cc(-c1c3ccccc3c(-c3cccc4ccccc34)c3ccccc13)c1c2oc2ccccc21. The van der Waals surface area contributed by atoms with E-state index in [0.29, 0.717) is 0 Å². The lowest BCUT2D eigenvalue weighted by atomic mass is 9.79. The van der Waals surface area contributed by atoms with Gasteiger partial charge in [0.15, 0.2) is 0 Å². The summed E-state index contributed by atoms with van der Waals surface area (Å²) in [5.74, 6) is 0. The maximum absolute atomic E-state index is 6.87. The van der Waals surface area contributed by atoms with Gasteiger partial charge in [0.05, 0.1) is 0 Å². The minimum Gasteiger partial charge on any atom is -0.455 e. The lowest BCUT2D eigenvalue weighted by molar-refractivity contribution is 0.653. The molecule has 46 heavy (non-hydrogen) atoms. The molecular formula is C45H30O. The summed E-state index contributed by atoms with van der Waals surface area (Å²) in [6.07, 6.45) is 0. The van der Waals surface area contributed by atoms with Crippen molar-refractivity contribution in [1.29, 1.82) is 0 Å². The number of hydrogen-bond donors (Lipinski definition) is 0. The molecule has 1 aliphatic rings. The molecule has 0 amide bonds. The van der Waals surface area contributed by atoms with Gasteiger partial charge in [0.25, 0.3) is 0 Å². The molecule has 10 rings (SSSR count). The molecule has 1 heterocycles. The molecule has 0 spiro atoms. The monoisotopic (exact) mass is 586 g/mol. The van der Waals surface area contributed by atoms with Gasteiger partial charge in [0, 0.05) is 21.8 Å². The van der Waals surface area contributed by atoms with Gasteiger partial charge in [-0.2, -0.15) is 0 Å². The van der Waals surface area contributed by atoms with Crippen LogP contribution in [0.4, 0.5) is 0 Å². The lowest BCUT2D eigenvalue weighted by Gasteiger charge is -2.23. The van der Waals surface area contributed by atoms with Crippen LogP contribution in [0.3, 0.4) is 0 Å². The number of benzene rings is 8. The van der Waals surface area contributed by atoms with E-state index >= 15 is 0 Å². The zero-order valence-corrected chi connectivity index (χ0v) is 25.8. The van der Waals surface area contributed by atoms with Gasteiger partial charge in [0.1, 0.15) is 11.2 Å². The molecule has 0 fully saturated rings. The molecule has 0 unspecified atom stereocenters. The average Bonchev–Trinajstić information content (AvgIpc) is 3.59. The van der Waals surface area contributed by atoms with Crippen molar-refractivity contribution >= 4 is 54.3 Å². The van der Waals surface area contributed by atoms with E-state index in [1.807, 2.05) is 0 Å². The van der Waals surface area contributed by atoms with E-state index in [4.69, 9.17) is 4.42 Å². The second-order valence-electron chi connectivity index (χ2n) is 13.2. The highest BCUT2D eigenvalue weighted by Crippen LogP contribution is 2.56. The van der Waals surface area contributed by atoms with E-state index in [1.54, 1.807) is 0 Å². The van der Waals surface area contributed by atoms with Gasteiger partial charge in [-0.3, -0.25) is 0 Å². The Labute approximate surface area is 267 Å². The Kier molecular flexibility index (Phi) is 5.12. The fourth-order valence-corrected chi connectivity index (χ4v) is 8.40. The van der Waals surface area contributed by atoms with Crippen molar-refractivity contribution in [3.05, 3.63) is 157 Å². The van der Waals surface area contributed by atoms with Crippen LogP contribution in [0.25, 0.3) is 87.6 Å². The van der Waals surface area contributed by atoms with Crippen molar-refractivity contribution in [2.45, 2.75) is 19.3 Å². The van der Waals surface area contributed by atoms with Crippen molar-refractivity contribution in [2.75, 3.05) is 0 Å². The zero-order valence-electron chi connectivity index (χ0n) is 25.8. The van der Waals surface area contributed by atoms with Crippen LogP contribution in [0.1, 0.15) is 25.0 Å². The van der Waals surface area contributed by atoms with Gasteiger partial charge in [-0.1, -0.05) is 147 Å². The average molecular weight is 587 g/mol. The minimum atomic E-state index is -0.164. The summed E-state index contributed by atoms with van der Waals surface area (Å²) >= 11 is 0. The predicted octanol–water partition coefficient (Wildman–Crippen LogP) is 12.7. The molecule has 216 valence electrons. The molecule has 0 radical (unpaired) electrons. The Morgan fingerprint density at radius 2 is 0.935 bits per heavy atom. The summed E-state index contributed by atoms with van der Waals surface area (Å²) in [5, 5.41) is 9.90. The van der Waals surface area contributed by atoms with Crippen LogP contribution in [0.2, 0.25) is 0 Å². The molecule has 0 saturated carbocycles. The molecule has 1 heteroatoms. The molecular weight excluding hydrogens is 556 g/mol. The third kappa shape index (κ3) is 3.30. The highest BCUT2D eigenvalue weighted by Gasteiger charge is 2.39. The first-order valence-electron chi connectivity index (χ1n) is 16.1. The third-order valence-electron chi connectivity index (χ3n) is 10.5. The Bertz CT molecular complexity index is 2660. The highest BCUT2D eigenvalue weighted by atomic mass is 16.3. The topological polar surface area (TPSA) is 13.1 Å². The number of rotatable bonds is 2. The maximum Gasteiger partial charge on any atom is 0.144 e. The van der Waals surface area contributed by atoms with Gasteiger partial charge in [-0.05, 0) is 83.4 Å². The van der Waals surface area contributed by atoms with Crippen LogP contribution in [-0.2, 0) is 5.41 Å². The standard InChI is InChI=1S/C45H30O/c1-45(2)37-24-11-9-21-34(37)43-38(45)26-36(42-35-22-10-12-25-39(35)46-44(42)43)41-32-19-7-5-17-30(32)40(31-18-6-8-20-33(31)41)29-23-13-15-27-14-3-4-16-28(27)29/h3-26H,1-2H3. The summed E-state index contributed by atoms with van der Waals surface area (Å²) in [6, 6.07) is 53.3. The number of hydrogen-bond acceptors (Lipinski definition) is 1. The fraction of sp³-hybridized carbons (Fsp3) is 0.0667. The zero-order chi connectivity index (χ0) is 30.6. The van der Waals surface area contributed by atoms with Crippen molar-refractivity contribution in [3.8, 4) is 33.4 Å². The normalized spacial score (nSPS) is 13.6. The number of furan rings is 1. The number of fused-ring (bicyclic) bond motifs is 10. The van der Waals surface area contributed by atoms with E-state index in [9.17, 15) is 0 Å². The van der Waals surface area contributed by atoms with E-state index < -0.39 is 0 Å². The van der Waals surface area contributed by atoms with Gasteiger partial charge in [-0.15, -0.1) is 0 Å². The summed E-state index contributed by atoms with van der Waals surface area (Å²) in [5.41, 5.74) is 12.0. The molecule has 0 aliphatic heterocycles. The Morgan fingerprint density at radius 1 is 0.413 bits per heavy atom. The van der Waals surface area contributed by atoms with E-state index in [2.05, 4.69) is 159 Å². The molecule has 0 N–H and O–H groups in total. The molecule has 0 atom stereocenters. The summed E-state index contributed by atoms with van der Waals surface area (Å²) in [4.78, 5) is 0. The first-order valence-corrected chi connectivity index (χ1v) is 16.1. The van der Waals surface area contributed by atoms with Crippen molar-refractivity contribution < 1.29 is 4.42 Å². The van der Waals surface area contributed by atoms with Gasteiger partial charge >= 0.3 is 0 Å². The molecule has 0 bridgehead atoms. The Hall–Kier alpha value is -5.66. The first kappa shape index (κ1) is 25.6. The molecule has 1 aliphatic carbocycles. The number of para-hydroxylation sites is 1. The van der Waals surface area contributed by atoms with E-state index in [1.165, 1.54) is 82.2 Å². The van der Waals surface area contributed by atoms with Gasteiger partial charge < -0.3 is 4.42 Å². The van der Waals surface area contributed by atoms with Crippen LogP contribution < -0.4 is 0 Å². The highest BCUT2D eigenvalue weighted by molar-refractivity contribution is 6.28. The first-order chi connectivity index (χ1) is 22.6. The van der Waals surface area contributed by atoms with Crippen LogP contribution >= 0.6 is 0 Å². The summed E-state index contributed by atoms with van der Waals surface area (Å²) < 4.78 is 6.87. The lowest BCUT2D eigenvalue weighted by Crippen LogP contribution is -2.15. The molecule has 1 nitrogen and oxygen atoms in total. The predicted molar refractivity (Wildman–Crippen MR) is 195 cm³/mol. The summed E-state index contributed by atoms with van der Waals surface area (Å²) in [6.45, 7) is 4.71. The maximum atomic E-state index is 6.87. The molecule has 0 saturated heterocycles. The fourth-order valence-electron chi connectivity index (χ4n) is 8.40.